The summed E-state index contributed by atoms with van der Waals surface area (Å²) in [5, 5.41) is 5.59. The minimum Gasteiger partial charge on any atom is -0.466 e. The predicted molar refractivity (Wildman–Crippen MR) is 152 cm³/mol. The van der Waals surface area contributed by atoms with Crippen LogP contribution in [0.1, 0.15) is 90.9 Å². The maximum atomic E-state index is 12.4. The first-order chi connectivity index (χ1) is 18.8. The van der Waals surface area contributed by atoms with Crippen LogP contribution >= 0.6 is 0 Å². The van der Waals surface area contributed by atoms with Crippen LogP contribution in [-0.2, 0) is 33.4 Å². The standard InChI is InChI=1S/C29H53N3O7/c1-5-7-9-15-28(35)38-21-11-13-25(14-12-22-39-29(36)16-10-8-6-2)31-27(34)18-17-26(33)30-19-23-37-24-20-32(3)4/h17-18,25H,5-16,19-24H2,1-4H3,(H,30,33)(H,31,34)/b18-17-. The molecule has 0 aromatic rings. The van der Waals surface area contributed by atoms with Crippen molar-refractivity contribution in [2.24, 2.45) is 0 Å². The van der Waals surface area contributed by atoms with Crippen molar-refractivity contribution in [3.63, 3.8) is 0 Å². The lowest BCUT2D eigenvalue weighted by Gasteiger charge is -2.18. The van der Waals surface area contributed by atoms with Gasteiger partial charge in [-0.3, -0.25) is 19.2 Å². The van der Waals surface area contributed by atoms with Crippen LogP contribution in [0, 0.1) is 0 Å². The van der Waals surface area contributed by atoms with Gasteiger partial charge in [-0.15, -0.1) is 0 Å². The molecule has 10 heteroatoms. The lowest BCUT2D eigenvalue weighted by molar-refractivity contribution is -0.144. The number of unbranched alkanes of at least 4 members (excludes halogenated alkanes) is 4. The zero-order valence-electron chi connectivity index (χ0n) is 24.8. The van der Waals surface area contributed by atoms with Gasteiger partial charge in [0.25, 0.3) is 0 Å². The van der Waals surface area contributed by atoms with Gasteiger partial charge in [-0.05, 0) is 52.6 Å². The van der Waals surface area contributed by atoms with E-state index in [1.807, 2.05) is 19.0 Å². The number of carbonyl (C=O) groups is 4. The van der Waals surface area contributed by atoms with E-state index in [0.717, 1.165) is 45.1 Å². The molecule has 0 saturated heterocycles. The van der Waals surface area contributed by atoms with Crippen molar-refractivity contribution >= 4 is 23.8 Å². The van der Waals surface area contributed by atoms with Gasteiger partial charge in [0.15, 0.2) is 0 Å². The monoisotopic (exact) mass is 555 g/mol. The molecule has 0 aromatic carbocycles. The summed E-state index contributed by atoms with van der Waals surface area (Å²) in [5.41, 5.74) is 0. The van der Waals surface area contributed by atoms with Gasteiger partial charge in [0.1, 0.15) is 0 Å². The fourth-order valence-electron chi connectivity index (χ4n) is 3.56. The van der Waals surface area contributed by atoms with Crippen LogP contribution in [0.5, 0.6) is 0 Å². The molecule has 0 aliphatic rings. The summed E-state index contributed by atoms with van der Waals surface area (Å²) < 4.78 is 16.0. The first kappa shape index (κ1) is 36.5. The molecule has 0 heterocycles. The Bertz CT molecular complexity index is 668. The molecule has 0 rings (SSSR count). The number of nitrogens with zero attached hydrogens (tertiary/aromatic N) is 1. The number of ether oxygens (including phenoxy) is 3. The van der Waals surface area contributed by atoms with Crippen molar-refractivity contribution in [2.45, 2.75) is 96.9 Å². The molecule has 39 heavy (non-hydrogen) atoms. The molecule has 10 nitrogen and oxygen atoms in total. The van der Waals surface area contributed by atoms with Gasteiger partial charge in [-0.1, -0.05) is 39.5 Å². The first-order valence-electron chi connectivity index (χ1n) is 14.6. The number of nitrogens with one attached hydrogen (secondary N) is 2. The molecule has 0 aliphatic heterocycles. The summed E-state index contributed by atoms with van der Waals surface area (Å²) in [4.78, 5) is 50.0. The van der Waals surface area contributed by atoms with Crippen molar-refractivity contribution in [3.05, 3.63) is 12.2 Å². The number of hydrogen-bond donors (Lipinski definition) is 2. The summed E-state index contributed by atoms with van der Waals surface area (Å²) >= 11 is 0. The fraction of sp³-hybridized carbons (Fsp3) is 0.793. The summed E-state index contributed by atoms with van der Waals surface area (Å²) in [5.74, 6) is -1.15. The summed E-state index contributed by atoms with van der Waals surface area (Å²) in [6.07, 6.45) is 11.4. The highest BCUT2D eigenvalue weighted by molar-refractivity contribution is 5.96. The molecule has 0 bridgehead atoms. The molecule has 0 saturated carbocycles. The maximum Gasteiger partial charge on any atom is 0.305 e. The molecule has 0 fully saturated rings. The molecule has 0 spiro atoms. The van der Waals surface area contributed by atoms with Crippen LogP contribution in [-0.4, -0.2) is 88.3 Å². The Balaban J connectivity index is 4.50. The van der Waals surface area contributed by atoms with E-state index in [-0.39, 0.29) is 29.8 Å². The zero-order chi connectivity index (χ0) is 29.1. The Labute approximate surface area is 235 Å². The van der Waals surface area contributed by atoms with E-state index in [0.29, 0.717) is 71.5 Å². The third-order valence-corrected chi connectivity index (χ3v) is 5.85. The zero-order valence-corrected chi connectivity index (χ0v) is 24.8. The quantitative estimate of drug-likeness (QED) is 0.0996. The highest BCUT2D eigenvalue weighted by atomic mass is 16.5. The van der Waals surface area contributed by atoms with Crippen LogP contribution in [0.4, 0.5) is 0 Å². The fourth-order valence-corrected chi connectivity index (χ4v) is 3.56. The third-order valence-electron chi connectivity index (χ3n) is 5.85. The number of likely N-dealkylation sites (N-methyl/N-ethyl adjacent to an activating group) is 1. The van der Waals surface area contributed by atoms with Crippen molar-refractivity contribution in [2.75, 3.05) is 53.6 Å². The molecule has 2 N–H and O–H groups in total. The second-order valence-corrected chi connectivity index (χ2v) is 9.89. The highest BCUT2D eigenvalue weighted by Gasteiger charge is 2.13. The van der Waals surface area contributed by atoms with E-state index in [1.165, 1.54) is 12.2 Å². The number of amides is 2. The van der Waals surface area contributed by atoms with Crippen LogP contribution in [0.3, 0.4) is 0 Å². The molecule has 2 amide bonds. The van der Waals surface area contributed by atoms with Crippen LogP contribution < -0.4 is 10.6 Å². The lowest BCUT2D eigenvalue weighted by Crippen LogP contribution is -2.34. The summed E-state index contributed by atoms with van der Waals surface area (Å²) in [7, 11) is 3.92. The first-order valence-corrected chi connectivity index (χ1v) is 14.6. The average Bonchev–Trinajstić information content (AvgIpc) is 2.89. The van der Waals surface area contributed by atoms with E-state index in [2.05, 4.69) is 24.5 Å². The van der Waals surface area contributed by atoms with Gasteiger partial charge in [-0.25, -0.2) is 0 Å². The van der Waals surface area contributed by atoms with Gasteiger partial charge >= 0.3 is 11.9 Å². The lowest BCUT2D eigenvalue weighted by atomic mass is 10.1. The second kappa shape index (κ2) is 25.8. The smallest absolute Gasteiger partial charge is 0.305 e. The SMILES string of the molecule is CCCCCC(=O)OCCCC(CCCOC(=O)CCCCC)NC(=O)/C=C\C(=O)NCCOCCN(C)C. The number of hydrogen-bond acceptors (Lipinski definition) is 8. The van der Waals surface area contributed by atoms with E-state index < -0.39 is 0 Å². The van der Waals surface area contributed by atoms with Gasteiger partial charge in [0.05, 0.1) is 26.4 Å². The van der Waals surface area contributed by atoms with Gasteiger partial charge in [0.2, 0.25) is 11.8 Å². The Morgan fingerprint density at radius 3 is 1.77 bits per heavy atom. The van der Waals surface area contributed by atoms with E-state index >= 15 is 0 Å². The van der Waals surface area contributed by atoms with Crippen molar-refractivity contribution in [1.29, 1.82) is 0 Å². The van der Waals surface area contributed by atoms with Crippen LogP contribution in [0.25, 0.3) is 0 Å². The second-order valence-electron chi connectivity index (χ2n) is 9.89. The van der Waals surface area contributed by atoms with Crippen molar-refractivity contribution in [3.8, 4) is 0 Å². The predicted octanol–water partition coefficient (Wildman–Crippen LogP) is 3.53. The Morgan fingerprint density at radius 1 is 0.718 bits per heavy atom. The molecule has 0 unspecified atom stereocenters. The molecule has 226 valence electrons. The Kier molecular flexibility index (Phi) is 24.2. The van der Waals surface area contributed by atoms with Crippen molar-refractivity contribution < 1.29 is 33.4 Å². The topological polar surface area (TPSA) is 123 Å². The van der Waals surface area contributed by atoms with Gasteiger partial charge in [-0.2, -0.15) is 0 Å². The van der Waals surface area contributed by atoms with E-state index in [4.69, 9.17) is 14.2 Å². The van der Waals surface area contributed by atoms with Gasteiger partial charge in [0, 0.05) is 44.1 Å². The maximum absolute atomic E-state index is 12.4. The molecule has 0 atom stereocenters. The summed E-state index contributed by atoms with van der Waals surface area (Å²) in [6.45, 7) is 6.88. The largest absolute Gasteiger partial charge is 0.466 e. The Morgan fingerprint density at radius 2 is 1.26 bits per heavy atom. The molecule has 0 aromatic heterocycles. The number of rotatable bonds is 25. The number of esters is 2. The van der Waals surface area contributed by atoms with E-state index in [1.54, 1.807) is 0 Å². The minimum atomic E-state index is -0.384. The third kappa shape index (κ3) is 25.6. The van der Waals surface area contributed by atoms with E-state index in [9.17, 15) is 19.2 Å². The highest BCUT2D eigenvalue weighted by Crippen LogP contribution is 2.08. The minimum absolute atomic E-state index is 0.198. The number of carbonyl (C=O) groups excluding carboxylic acids is 4. The van der Waals surface area contributed by atoms with Gasteiger partial charge < -0.3 is 29.7 Å². The Hall–Kier alpha value is -2.46. The summed E-state index contributed by atoms with van der Waals surface area (Å²) in [6, 6.07) is -0.201. The van der Waals surface area contributed by atoms with Crippen LogP contribution in [0.15, 0.2) is 12.2 Å². The van der Waals surface area contributed by atoms with Crippen molar-refractivity contribution in [1.82, 2.24) is 15.5 Å². The molecule has 0 radical (unpaired) electrons. The average molecular weight is 556 g/mol. The van der Waals surface area contributed by atoms with Crippen LogP contribution in [0.2, 0.25) is 0 Å². The molecule has 0 aliphatic carbocycles. The molecular formula is C29H53N3O7. The normalized spacial score (nSPS) is 11.2. The molecular weight excluding hydrogens is 502 g/mol.